The van der Waals surface area contributed by atoms with Gasteiger partial charge in [0.2, 0.25) is 0 Å². The Morgan fingerprint density at radius 2 is 1.89 bits per heavy atom. The number of hydrogen-bond acceptors (Lipinski definition) is 2. The van der Waals surface area contributed by atoms with Gasteiger partial charge in [0.1, 0.15) is 0 Å². The summed E-state index contributed by atoms with van der Waals surface area (Å²) in [4.78, 5) is 15.2. The summed E-state index contributed by atoms with van der Waals surface area (Å²) in [7, 11) is 0. The minimum atomic E-state index is 0.0500. The van der Waals surface area contributed by atoms with Crippen molar-refractivity contribution in [2.45, 2.75) is 57.8 Å². The van der Waals surface area contributed by atoms with Crippen LogP contribution in [0.4, 0.5) is 5.69 Å². The van der Waals surface area contributed by atoms with E-state index in [1.807, 2.05) is 0 Å². The molecule has 1 aromatic rings. The topological polar surface area (TPSA) is 32.3 Å². The minimum Gasteiger partial charge on any atom is -0.321 e. The van der Waals surface area contributed by atoms with Gasteiger partial charge < -0.3 is 10.2 Å². The molecule has 2 aliphatic carbocycles. The maximum absolute atomic E-state index is 12.6. The third-order valence-electron chi connectivity index (χ3n) is 6.77. The molecule has 1 saturated heterocycles. The van der Waals surface area contributed by atoms with Gasteiger partial charge in [-0.25, -0.2) is 0 Å². The number of piperidine rings is 1. The van der Waals surface area contributed by atoms with E-state index < -0.39 is 0 Å². The number of fused-ring (bicyclic) bond motifs is 1. The molecule has 1 amide bonds. The molecular formula is C25H30N2O. The molecular weight excluding hydrogens is 344 g/mol. The highest BCUT2D eigenvalue weighted by atomic mass is 16.2. The van der Waals surface area contributed by atoms with Crippen molar-refractivity contribution >= 4 is 17.2 Å². The number of anilines is 1. The molecule has 0 radical (unpaired) electrons. The van der Waals surface area contributed by atoms with Crippen LogP contribution in [0, 0.1) is 0 Å². The molecule has 2 aliphatic heterocycles. The fourth-order valence-electron chi connectivity index (χ4n) is 5.17. The smallest absolute Gasteiger partial charge is 0.256 e. The second-order valence-corrected chi connectivity index (χ2v) is 8.78. The first-order valence-corrected chi connectivity index (χ1v) is 11.1. The number of nitrogens with one attached hydrogen (secondary N) is 1. The number of rotatable bonds is 4. The van der Waals surface area contributed by atoms with E-state index >= 15 is 0 Å². The van der Waals surface area contributed by atoms with E-state index in [0.29, 0.717) is 0 Å². The van der Waals surface area contributed by atoms with Crippen molar-refractivity contribution in [3.63, 3.8) is 0 Å². The molecule has 0 bridgehead atoms. The lowest BCUT2D eigenvalue weighted by atomic mass is 9.93. The zero-order valence-electron chi connectivity index (χ0n) is 16.7. The van der Waals surface area contributed by atoms with Crippen molar-refractivity contribution < 1.29 is 4.79 Å². The van der Waals surface area contributed by atoms with Gasteiger partial charge in [0.05, 0.1) is 0 Å². The quantitative estimate of drug-likeness (QED) is 0.730. The number of nitrogens with zero attached hydrogens (tertiary/aromatic N) is 1. The van der Waals surface area contributed by atoms with Crippen molar-refractivity contribution in [1.29, 1.82) is 0 Å². The molecule has 5 rings (SSSR count). The summed E-state index contributed by atoms with van der Waals surface area (Å²) in [6.07, 6.45) is 15.7. The highest BCUT2D eigenvalue weighted by molar-refractivity contribution is 6.31. The van der Waals surface area contributed by atoms with Crippen LogP contribution in [0.25, 0.3) is 5.57 Å². The molecule has 28 heavy (non-hydrogen) atoms. The number of carbonyl (C=O) groups excluding carboxylic acids is 1. The van der Waals surface area contributed by atoms with Gasteiger partial charge in [-0.3, -0.25) is 4.79 Å². The van der Waals surface area contributed by atoms with Gasteiger partial charge in [-0.1, -0.05) is 24.1 Å². The highest BCUT2D eigenvalue weighted by Crippen LogP contribution is 2.39. The van der Waals surface area contributed by atoms with Gasteiger partial charge in [-0.05, 0) is 99.4 Å². The number of hydrogen-bond donors (Lipinski definition) is 1. The monoisotopic (exact) mass is 374 g/mol. The zero-order chi connectivity index (χ0) is 18.9. The lowest BCUT2D eigenvalue weighted by molar-refractivity contribution is -0.110. The molecule has 4 aliphatic rings. The van der Waals surface area contributed by atoms with Crippen molar-refractivity contribution in [2.75, 3.05) is 25.0 Å². The van der Waals surface area contributed by atoms with E-state index in [0.717, 1.165) is 36.2 Å². The third-order valence-corrected chi connectivity index (χ3v) is 6.77. The molecule has 146 valence electrons. The first kappa shape index (κ1) is 17.9. The van der Waals surface area contributed by atoms with Gasteiger partial charge in [0, 0.05) is 23.4 Å². The minimum absolute atomic E-state index is 0.0500. The number of amides is 1. The average Bonchev–Trinajstić information content (AvgIpc) is 3.27. The zero-order valence-corrected chi connectivity index (χ0v) is 16.7. The lowest BCUT2D eigenvalue weighted by Crippen LogP contribution is -2.31. The second kappa shape index (κ2) is 7.71. The van der Waals surface area contributed by atoms with E-state index in [2.05, 4.69) is 40.6 Å². The summed E-state index contributed by atoms with van der Waals surface area (Å²) < 4.78 is 0. The largest absolute Gasteiger partial charge is 0.321 e. The molecule has 0 atom stereocenters. The summed E-state index contributed by atoms with van der Waals surface area (Å²) in [5, 5.41) is 3.06. The molecule has 0 spiro atoms. The highest BCUT2D eigenvalue weighted by Gasteiger charge is 2.26. The molecule has 1 N–H and O–H groups in total. The van der Waals surface area contributed by atoms with Crippen molar-refractivity contribution in [3.8, 4) is 0 Å². The first-order chi connectivity index (χ1) is 13.8. The van der Waals surface area contributed by atoms with Gasteiger partial charge in [0.15, 0.2) is 0 Å². The summed E-state index contributed by atoms with van der Waals surface area (Å²) in [5.41, 5.74) is 8.69. The van der Waals surface area contributed by atoms with Gasteiger partial charge in [0.25, 0.3) is 5.91 Å². The Morgan fingerprint density at radius 3 is 2.75 bits per heavy atom. The SMILES string of the molecule is O=C1Nc2ccc(CCN3CCCCC3)cc2C1=CC1=CC2=C(CCCC2)C1. The fraction of sp³-hybridized carbons (Fsp3) is 0.480. The fourth-order valence-corrected chi connectivity index (χ4v) is 5.17. The van der Waals surface area contributed by atoms with Crippen LogP contribution in [0.5, 0.6) is 0 Å². The summed E-state index contributed by atoms with van der Waals surface area (Å²) >= 11 is 0. The Kier molecular flexibility index (Phi) is 4.94. The van der Waals surface area contributed by atoms with Crippen molar-refractivity contribution in [2.24, 2.45) is 0 Å². The molecule has 2 heterocycles. The molecule has 3 heteroatoms. The van der Waals surface area contributed by atoms with Crippen molar-refractivity contribution in [3.05, 3.63) is 58.2 Å². The summed E-state index contributed by atoms with van der Waals surface area (Å²) in [6, 6.07) is 6.51. The number of allylic oxidation sites excluding steroid dienone is 5. The third kappa shape index (κ3) is 3.60. The Labute approximate surface area is 168 Å². The van der Waals surface area contributed by atoms with E-state index in [1.165, 1.54) is 74.7 Å². The van der Waals surface area contributed by atoms with Crippen LogP contribution in [-0.4, -0.2) is 30.4 Å². The van der Waals surface area contributed by atoms with Crippen LogP contribution < -0.4 is 5.32 Å². The van der Waals surface area contributed by atoms with Crippen molar-refractivity contribution in [1.82, 2.24) is 4.90 Å². The Bertz CT molecular complexity index is 884. The number of likely N-dealkylation sites (tertiary alicyclic amines) is 1. The van der Waals surface area contributed by atoms with Gasteiger partial charge in [-0.15, -0.1) is 0 Å². The average molecular weight is 375 g/mol. The van der Waals surface area contributed by atoms with Gasteiger partial charge >= 0.3 is 0 Å². The molecule has 1 fully saturated rings. The molecule has 3 nitrogen and oxygen atoms in total. The first-order valence-electron chi connectivity index (χ1n) is 11.1. The van der Waals surface area contributed by atoms with E-state index in [1.54, 1.807) is 5.57 Å². The van der Waals surface area contributed by atoms with Crippen LogP contribution >= 0.6 is 0 Å². The standard InChI is InChI=1S/C25H30N2O/c28-25-23(17-19-14-20-6-2-3-7-21(20)15-19)22-16-18(8-9-24(22)26-25)10-13-27-11-4-1-5-12-27/h8-9,14,16-17H,1-7,10-13,15H2,(H,26,28). The predicted molar refractivity (Wildman–Crippen MR) is 115 cm³/mol. The second-order valence-electron chi connectivity index (χ2n) is 8.78. The Balaban J connectivity index is 1.33. The normalized spacial score (nSPS) is 23.6. The number of carbonyl (C=O) groups is 1. The number of benzene rings is 1. The van der Waals surface area contributed by atoms with Gasteiger partial charge in [-0.2, -0.15) is 0 Å². The van der Waals surface area contributed by atoms with E-state index in [9.17, 15) is 4.79 Å². The van der Waals surface area contributed by atoms with Crippen LogP contribution in [0.15, 0.2) is 47.1 Å². The van der Waals surface area contributed by atoms with Crippen LogP contribution in [0.2, 0.25) is 0 Å². The Hall–Kier alpha value is -2.13. The van der Waals surface area contributed by atoms with Crippen LogP contribution in [-0.2, 0) is 11.2 Å². The van der Waals surface area contributed by atoms with E-state index in [-0.39, 0.29) is 5.91 Å². The Morgan fingerprint density at radius 1 is 1.04 bits per heavy atom. The molecule has 0 unspecified atom stereocenters. The maximum atomic E-state index is 12.6. The predicted octanol–water partition coefficient (Wildman–Crippen LogP) is 5.25. The molecule has 0 saturated carbocycles. The summed E-state index contributed by atoms with van der Waals surface area (Å²) in [6.45, 7) is 3.60. The molecule has 1 aromatic carbocycles. The maximum Gasteiger partial charge on any atom is 0.256 e. The van der Waals surface area contributed by atoms with Crippen LogP contribution in [0.3, 0.4) is 0 Å². The van der Waals surface area contributed by atoms with E-state index in [4.69, 9.17) is 0 Å². The summed E-state index contributed by atoms with van der Waals surface area (Å²) in [5.74, 6) is 0.0500. The van der Waals surface area contributed by atoms with Crippen LogP contribution in [0.1, 0.15) is 62.5 Å². The molecule has 0 aromatic heterocycles. The lowest BCUT2D eigenvalue weighted by Gasteiger charge is -2.26.